The lowest BCUT2D eigenvalue weighted by atomic mass is 10.3. The van der Waals surface area contributed by atoms with E-state index in [2.05, 4.69) is 47.8 Å². The van der Waals surface area contributed by atoms with Gasteiger partial charge in [0, 0.05) is 4.47 Å². The molecule has 0 unspecified atom stereocenters. The van der Waals surface area contributed by atoms with Crippen LogP contribution >= 0.6 is 47.8 Å². The van der Waals surface area contributed by atoms with Gasteiger partial charge in [-0.15, -0.1) is 0 Å². The largest absolute Gasteiger partial charge is 0.493 e. The first kappa shape index (κ1) is 10.3. The minimum Gasteiger partial charge on any atom is -0.493 e. The summed E-state index contributed by atoms with van der Waals surface area (Å²) < 4.78 is 7.62. The quantitative estimate of drug-likeness (QED) is 0.614. The monoisotopic (exact) mass is 357 g/mol. The molecule has 0 aliphatic rings. The third-order valence-electron chi connectivity index (χ3n) is 1.37. The Balaban J connectivity index is 3.40. The second-order valence-corrected chi connectivity index (χ2v) is 4.60. The molecule has 0 fully saturated rings. The SMILES string of the molecule is COc1c(Br)cc(Br)c(Br)c1N. The number of hydrogen-bond donors (Lipinski definition) is 1. The Morgan fingerprint density at radius 1 is 1.25 bits per heavy atom. The van der Waals surface area contributed by atoms with Crippen LogP contribution in [0.1, 0.15) is 0 Å². The van der Waals surface area contributed by atoms with Crippen LogP contribution in [0.2, 0.25) is 0 Å². The van der Waals surface area contributed by atoms with E-state index in [1.807, 2.05) is 6.07 Å². The minimum atomic E-state index is 0.582. The van der Waals surface area contributed by atoms with Crippen molar-refractivity contribution in [3.05, 3.63) is 19.5 Å². The molecule has 1 rings (SSSR count). The van der Waals surface area contributed by atoms with E-state index < -0.39 is 0 Å². The third kappa shape index (κ3) is 1.78. The van der Waals surface area contributed by atoms with Crippen LogP contribution in [-0.4, -0.2) is 7.11 Å². The molecule has 0 radical (unpaired) electrons. The fraction of sp³-hybridized carbons (Fsp3) is 0.143. The number of methoxy groups -OCH3 is 1. The van der Waals surface area contributed by atoms with Crippen molar-refractivity contribution in [1.29, 1.82) is 0 Å². The van der Waals surface area contributed by atoms with Crippen LogP contribution < -0.4 is 10.5 Å². The fourth-order valence-electron chi connectivity index (χ4n) is 0.805. The summed E-state index contributed by atoms with van der Waals surface area (Å²) >= 11 is 10.0. The van der Waals surface area contributed by atoms with Gasteiger partial charge in [-0.1, -0.05) is 0 Å². The first-order chi connectivity index (χ1) is 5.57. The van der Waals surface area contributed by atoms with Gasteiger partial charge in [-0.25, -0.2) is 0 Å². The molecule has 0 heterocycles. The Morgan fingerprint density at radius 2 is 1.83 bits per heavy atom. The molecule has 0 saturated carbocycles. The number of nitrogens with two attached hydrogens (primary N) is 1. The lowest BCUT2D eigenvalue weighted by Crippen LogP contribution is -1.94. The summed E-state index contributed by atoms with van der Waals surface area (Å²) in [6.45, 7) is 0. The van der Waals surface area contributed by atoms with Crippen LogP contribution in [0.3, 0.4) is 0 Å². The van der Waals surface area contributed by atoms with Crippen molar-refractivity contribution in [2.75, 3.05) is 12.8 Å². The van der Waals surface area contributed by atoms with Crippen molar-refractivity contribution in [3.8, 4) is 5.75 Å². The molecule has 0 bridgehead atoms. The first-order valence-electron chi connectivity index (χ1n) is 3.05. The zero-order valence-corrected chi connectivity index (χ0v) is 11.0. The second-order valence-electron chi connectivity index (χ2n) is 2.10. The van der Waals surface area contributed by atoms with Crippen LogP contribution in [-0.2, 0) is 0 Å². The summed E-state index contributed by atoms with van der Waals surface area (Å²) in [5.74, 6) is 0.644. The van der Waals surface area contributed by atoms with Crippen LogP contribution in [0, 0.1) is 0 Å². The van der Waals surface area contributed by atoms with E-state index in [9.17, 15) is 0 Å². The third-order valence-corrected chi connectivity index (χ3v) is 3.97. The highest BCUT2D eigenvalue weighted by atomic mass is 79.9. The number of anilines is 1. The van der Waals surface area contributed by atoms with Gasteiger partial charge in [-0.05, 0) is 53.9 Å². The number of halogens is 3. The lowest BCUT2D eigenvalue weighted by molar-refractivity contribution is 0.414. The molecule has 66 valence electrons. The smallest absolute Gasteiger partial charge is 0.157 e. The topological polar surface area (TPSA) is 35.2 Å². The number of rotatable bonds is 1. The highest BCUT2D eigenvalue weighted by Crippen LogP contribution is 2.41. The molecule has 12 heavy (non-hydrogen) atoms. The summed E-state index contributed by atoms with van der Waals surface area (Å²) in [5, 5.41) is 0. The molecule has 0 spiro atoms. The van der Waals surface area contributed by atoms with Gasteiger partial charge in [0.25, 0.3) is 0 Å². The summed E-state index contributed by atoms with van der Waals surface area (Å²) in [7, 11) is 1.58. The van der Waals surface area contributed by atoms with Gasteiger partial charge >= 0.3 is 0 Å². The molecule has 0 aliphatic heterocycles. The molecule has 5 heteroatoms. The number of nitrogen functional groups attached to an aromatic ring is 1. The summed E-state index contributed by atoms with van der Waals surface area (Å²) in [6.07, 6.45) is 0. The van der Waals surface area contributed by atoms with E-state index in [0.29, 0.717) is 11.4 Å². The van der Waals surface area contributed by atoms with E-state index in [1.165, 1.54) is 0 Å². The standard InChI is InChI=1S/C7H6Br3NO/c1-12-7-4(9)2-3(8)5(10)6(7)11/h2H,11H2,1H3. The Hall–Kier alpha value is 0.260. The summed E-state index contributed by atoms with van der Waals surface area (Å²) in [5.41, 5.74) is 6.35. The van der Waals surface area contributed by atoms with Crippen molar-refractivity contribution in [2.24, 2.45) is 0 Å². The predicted molar refractivity (Wildman–Crippen MR) is 60.5 cm³/mol. The average molecular weight is 360 g/mol. The molecule has 0 saturated heterocycles. The maximum absolute atomic E-state index is 5.76. The van der Waals surface area contributed by atoms with E-state index >= 15 is 0 Å². The molecule has 1 aromatic carbocycles. The summed E-state index contributed by atoms with van der Waals surface area (Å²) in [4.78, 5) is 0. The van der Waals surface area contributed by atoms with Crippen molar-refractivity contribution in [2.45, 2.75) is 0 Å². The van der Waals surface area contributed by atoms with Crippen LogP contribution in [0.15, 0.2) is 19.5 Å². The van der Waals surface area contributed by atoms with Crippen LogP contribution in [0.4, 0.5) is 5.69 Å². The number of hydrogen-bond acceptors (Lipinski definition) is 2. The lowest BCUT2D eigenvalue weighted by Gasteiger charge is -2.09. The Bertz CT molecular complexity index is 314. The highest BCUT2D eigenvalue weighted by molar-refractivity contribution is 9.13. The van der Waals surface area contributed by atoms with Crippen LogP contribution in [0.5, 0.6) is 5.75 Å². The molecule has 0 amide bonds. The molecule has 2 N–H and O–H groups in total. The maximum atomic E-state index is 5.76. The Kier molecular flexibility index (Phi) is 3.43. The van der Waals surface area contributed by atoms with Crippen molar-refractivity contribution in [1.82, 2.24) is 0 Å². The average Bonchev–Trinajstić information content (AvgIpc) is 2.01. The summed E-state index contributed by atoms with van der Waals surface area (Å²) in [6, 6.07) is 1.87. The minimum absolute atomic E-state index is 0.582. The van der Waals surface area contributed by atoms with E-state index in [-0.39, 0.29) is 0 Å². The Labute approximate surface area is 95.9 Å². The molecular formula is C7H6Br3NO. The van der Waals surface area contributed by atoms with Gasteiger partial charge in [0.2, 0.25) is 0 Å². The van der Waals surface area contributed by atoms with Gasteiger partial charge in [0.1, 0.15) is 0 Å². The fourth-order valence-corrected chi connectivity index (χ4v) is 2.45. The van der Waals surface area contributed by atoms with Crippen molar-refractivity contribution in [3.63, 3.8) is 0 Å². The molecule has 1 aromatic rings. The molecule has 2 nitrogen and oxygen atoms in total. The van der Waals surface area contributed by atoms with Gasteiger partial charge in [-0.2, -0.15) is 0 Å². The Morgan fingerprint density at radius 3 is 2.33 bits per heavy atom. The molecule has 0 aliphatic carbocycles. The number of ether oxygens (including phenoxy) is 1. The number of benzene rings is 1. The van der Waals surface area contributed by atoms with Gasteiger partial charge in [0.05, 0.1) is 21.7 Å². The van der Waals surface area contributed by atoms with Crippen molar-refractivity contribution < 1.29 is 4.74 Å². The predicted octanol–water partition coefficient (Wildman–Crippen LogP) is 3.56. The second kappa shape index (κ2) is 3.98. The first-order valence-corrected chi connectivity index (χ1v) is 5.42. The highest BCUT2D eigenvalue weighted by Gasteiger charge is 2.11. The molecule has 0 aromatic heterocycles. The van der Waals surface area contributed by atoms with Crippen molar-refractivity contribution >= 4 is 53.5 Å². The van der Waals surface area contributed by atoms with Gasteiger partial charge in [-0.3, -0.25) is 0 Å². The normalized spacial score (nSPS) is 10.0. The van der Waals surface area contributed by atoms with E-state index in [4.69, 9.17) is 10.5 Å². The zero-order valence-electron chi connectivity index (χ0n) is 6.20. The maximum Gasteiger partial charge on any atom is 0.157 e. The molecular weight excluding hydrogens is 354 g/mol. The zero-order chi connectivity index (χ0) is 9.30. The van der Waals surface area contributed by atoms with Crippen LogP contribution in [0.25, 0.3) is 0 Å². The van der Waals surface area contributed by atoms with Gasteiger partial charge in [0.15, 0.2) is 5.75 Å². The van der Waals surface area contributed by atoms with E-state index in [0.717, 1.165) is 13.4 Å². The van der Waals surface area contributed by atoms with E-state index in [1.54, 1.807) is 7.11 Å². The molecule has 0 atom stereocenters. The van der Waals surface area contributed by atoms with Gasteiger partial charge < -0.3 is 10.5 Å².